The molecule has 0 amide bonds. The summed E-state index contributed by atoms with van der Waals surface area (Å²) in [5.41, 5.74) is 0.954. The molecule has 2 aromatic rings. The molecule has 0 aromatic carbocycles. The van der Waals surface area contributed by atoms with Crippen molar-refractivity contribution >= 4 is 39.0 Å². The number of thiophene rings is 1. The molecule has 0 atom stereocenters. The highest BCUT2D eigenvalue weighted by molar-refractivity contribution is 9.10. The predicted octanol–water partition coefficient (Wildman–Crippen LogP) is 3.22. The molecule has 0 bridgehead atoms. The average Bonchev–Trinajstić information content (AvgIpc) is 2.80. The third-order valence-electron chi connectivity index (χ3n) is 2.27. The molecule has 108 valence electrons. The van der Waals surface area contributed by atoms with Crippen LogP contribution in [0.3, 0.4) is 0 Å². The van der Waals surface area contributed by atoms with Gasteiger partial charge in [-0.15, -0.1) is 11.3 Å². The Morgan fingerprint density at radius 2 is 2.10 bits per heavy atom. The summed E-state index contributed by atoms with van der Waals surface area (Å²) in [6.07, 6.45) is -4.56. The molecule has 2 heterocycles. The second-order valence-corrected chi connectivity index (χ2v) is 5.50. The van der Waals surface area contributed by atoms with E-state index in [0.29, 0.717) is 6.54 Å². The van der Waals surface area contributed by atoms with E-state index in [1.165, 1.54) is 11.3 Å². The highest BCUT2D eigenvalue weighted by atomic mass is 79.9. The molecule has 4 N–H and O–H groups in total. The zero-order valence-corrected chi connectivity index (χ0v) is 12.2. The van der Waals surface area contributed by atoms with E-state index in [-0.39, 0.29) is 11.8 Å². The summed E-state index contributed by atoms with van der Waals surface area (Å²) < 4.78 is 38.9. The maximum absolute atomic E-state index is 12.7. The van der Waals surface area contributed by atoms with Crippen molar-refractivity contribution in [2.45, 2.75) is 12.7 Å². The number of aromatic nitrogens is 2. The van der Waals surface area contributed by atoms with Crippen LogP contribution in [0.4, 0.5) is 24.9 Å². The molecule has 10 heteroatoms. The van der Waals surface area contributed by atoms with Crippen molar-refractivity contribution in [3.8, 4) is 0 Å². The van der Waals surface area contributed by atoms with Gasteiger partial charge < -0.3 is 5.32 Å². The lowest BCUT2D eigenvalue weighted by molar-refractivity contribution is -0.141. The van der Waals surface area contributed by atoms with E-state index in [9.17, 15) is 13.2 Å². The number of nitrogens with one attached hydrogen (secondary N) is 2. The maximum Gasteiger partial charge on any atom is 0.433 e. The fraction of sp³-hybridized carbons (Fsp3) is 0.200. The molecular formula is C10H9BrF3N5S. The summed E-state index contributed by atoms with van der Waals surface area (Å²) in [5.74, 6) is 4.81. The number of hydrogen-bond acceptors (Lipinski definition) is 6. The van der Waals surface area contributed by atoms with Gasteiger partial charge in [-0.3, -0.25) is 5.43 Å². The van der Waals surface area contributed by atoms with Crippen molar-refractivity contribution in [3.05, 3.63) is 32.6 Å². The van der Waals surface area contributed by atoms with Crippen LogP contribution in [0.25, 0.3) is 0 Å². The monoisotopic (exact) mass is 367 g/mol. The van der Waals surface area contributed by atoms with Gasteiger partial charge in [0.1, 0.15) is 5.82 Å². The minimum absolute atomic E-state index is 0.0422. The summed E-state index contributed by atoms with van der Waals surface area (Å²) in [4.78, 5) is 8.04. The third kappa shape index (κ3) is 3.58. The van der Waals surface area contributed by atoms with Crippen LogP contribution in [0.1, 0.15) is 10.6 Å². The molecule has 0 saturated heterocycles. The average molecular weight is 368 g/mol. The van der Waals surface area contributed by atoms with Gasteiger partial charge in [0, 0.05) is 15.4 Å². The highest BCUT2D eigenvalue weighted by Crippen LogP contribution is 2.30. The van der Waals surface area contributed by atoms with Crippen molar-refractivity contribution in [1.29, 1.82) is 0 Å². The van der Waals surface area contributed by atoms with E-state index >= 15 is 0 Å². The first kappa shape index (κ1) is 15.0. The first-order chi connectivity index (χ1) is 9.40. The summed E-state index contributed by atoms with van der Waals surface area (Å²) >= 11 is 4.81. The second kappa shape index (κ2) is 5.94. The number of nitrogens with two attached hydrogens (primary N) is 1. The van der Waals surface area contributed by atoms with Crippen molar-refractivity contribution < 1.29 is 13.2 Å². The zero-order valence-electron chi connectivity index (χ0n) is 9.83. The van der Waals surface area contributed by atoms with Crippen LogP contribution in [0, 0.1) is 0 Å². The standard InChI is InChI=1S/C10H9BrF3N5S/c11-5-1-2-20-6(5)4-16-8-3-7(10(12,13)14)17-9(18-8)19-15/h1-3H,4,15H2,(H2,16,17,18,19). The predicted molar refractivity (Wildman–Crippen MR) is 74.2 cm³/mol. The SMILES string of the molecule is NNc1nc(NCc2sccc2Br)cc(C(F)(F)F)n1. The van der Waals surface area contributed by atoms with Crippen molar-refractivity contribution in [2.75, 3.05) is 10.7 Å². The molecule has 0 aliphatic carbocycles. The number of hydrogen-bond donors (Lipinski definition) is 3. The molecule has 0 aliphatic heterocycles. The molecule has 0 fully saturated rings. The van der Waals surface area contributed by atoms with Gasteiger partial charge in [0.2, 0.25) is 5.95 Å². The fourth-order valence-electron chi connectivity index (χ4n) is 1.37. The van der Waals surface area contributed by atoms with Gasteiger partial charge in [0.25, 0.3) is 0 Å². The molecule has 2 rings (SSSR count). The van der Waals surface area contributed by atoms with Crippen LogP contribution in [-0.4, -0.2) is 9.97 Å². The van der Waals surface area contributed by atoms with Crippen LogP contribution in [-0.2, 0) is 12.7 Å². The lowest BCUT2D eigenvalue weighted by Gasteiger charge is -2.11. The normalized spacial score (nSPS) is 11.4. The van der Waals surface area contributed by atoms with Gasteiger partial charge in [-0.1, -0.05) is 0 Å². The van der Waals surface area contributed by atoms with Crippen molar-refractivity contribution in [1.82, 2.24) is 9.97 Å². The number of hydrazine groups is 1. The molecule has 20 heavy (non-hydrogen) atoms. The van der Waals surface area contributed by atoms with Gasteiger partial charge in [0.15, 0.2) is 5.69 Å². The largest absolute Gasteiger partial charge is 0.433 e. The van der Waals surface area contributed by atoms with E-state index in [1.54, 1.807) is 0 Å². The smallest absolute Gasteiger partial charge is 0.365 e. The Morgan fingerprint density at radius 3 is 2.65 bits per heavy atom. The lowest BCUT2D eigenvalue weighted by Crippen LogP contribution is -2.16. The van der Waals surface area contributed by atoms with Crippen LogP contribution in [0.15, 0.2) is 22.0 Å². The number of rotatable bonds is 4. The van der Waals surface area contributed by atoms with Crippen molar-refractivity contribution in [2.24, 2.45) is 5.84 Å². The van der Waals surface area contributed by atoms with E-state index in [1.807, 2.05) is 16.9 Å². The fourth-order valence-corrected chi connectivity index (χ4v) is 2.80. The maximum atomic E-state index is 12.7. The van der Waals surface area contributed by atoms with E-state index in [2.05, 4.69) is 31.2 Å². The Labute approximate surface area is 124 Å². The summed E-state index contributed by atoms with van der Waals surface area (Å²) in [7, 11) is 0. The van der Waals surface area contributed by atoms with E-state index in [4.69, 9.17) is 5.84 Å². The topological polar surface area (TPSA) is 75.9 Å². The minimum Gasteiger partial charge on any atom is -0.365 e. The molecule has 0 saturated carbocycles. The van der Waals surface area contributed by atoms with Crippen molar-refractivity contribution in [3.63, 3.8) is 0 Å². The number of nitrogen functional groups attached to an aromatic ring is 1. The highest BCUT2D eigenvalue weighted by Gasteiger charge is 2.33. The van der Waals surface area contributed by atoms with Gasteiger partial charge in [-0.05, 0) is 27.4 Å². The third-order valence-corrected chi connectivity index (χ3v) is 4.19. The van der Waals surface area contributed by atoms with Crippen LogP contribution in [0.5, 0.6) is 0 Å². The quantitative estimate of drug-likeness (QED) is 0.571. The summed E-state index contributed by atoms with van der Waals surface area (Å²) in [6, 6.07) is 2.69. The molecule has 2 aromatic heterocycles. The van der Waals surface area contributed by atoms with E-state index in [0.717, 1.165) is 15.4 Å². The number of alkyl halides is 3. The first-order valence-electron chi connectivity index (χ1n) is 5.29. The molecule has 0 unspecified atom stereocenters. The Bertz CT molecular complexity index is 601. The Morgan fingerprint density at radius 1 is 1.35 bits per heavy atom. The first-order valence-corrected chi connectivity index (χ1v) is 6.96. The zero-order chi connectivity index (χ0) is 14.8. The van der Waals surface area contributed by atoms with E-state index < -0.39 is 11.9 Å². The van der Waals surface area contributed by atoms with Crippen LogP contribution < -0.4 is 16.6 Å². The Hall–Kier alpha value is -1.39. The molecule has 0 spiro atoms. The minimum atomic E-state index is -4.56. The molecule has 0 aliphatic rings. The molecule has 5 nitrogen and oxygen atoms in total. The van der Waals surface area contributed by atoms with Crippen LogP contribution in [0.2, 0.25) is 0 Å². The van der Waals surface area contributed by atoms with Gasteiger partial charge in [0.05, 0.1) is 6.54 Å². The Balaban J connectivity index is 2.21. The molecular weight excluding hydrogens is 359 g/mol. The van der Waals surface area contributed by atoms with Gasteiger partial charge in [-0.25, -0.2) is 10.8 Å². The lowest BCUT2D eigenvalue weighted by atomic mass is 10.3. The van der Waals surface area contributed by atoms with Gasteiger partial charge >= 0.3 is 6.18 Å². The second-order valence-electron chi connectivity index (χ2n) is 3.65. The summed E-state index contributed by atoms with van der Waals surface area (Å²) in [5, 5.41) is 4.68. The summed E-state index contributed by atoms with van der Waals surface area (Å²) in [6.45, 7) is 0.344. The number of nitrogens with zero attached hydrogens (tertiary/aromatic N) is 2. The van der Waals surface area contributed by atoms with Crippen LogP contribution >= 0.6 is 27.3 Å². The van der Waals surface area contributed by atoms with Gasteiger partial charge in [-0.2, -0.15) is 18.2 Å². The Kier molecular flexibility index (Phi) is 4.45. The number of halogens is 4. The molecule has 0 radical (unpaired) electrons. The number of anilines is 2.